The van der Waals surface area contributed by atoms with Crippen molar-refractivity contribution in [3.8, 4) is 0 Å². The molecule has 9 heteroatoms. The summed E-state index contributed by atoms with van der Waals surface area (Å²) in [5, 5.41) is 13.6. The summed E-state index contributed by atoms with van der Waals surface area (Å²) in [7, 11) is 0. The van der Waals surface area contributed by atoms with Crippen molar-refractivity contribution >= 4 is 34.6 Å². The molecule has 0 bridgehead atoms. The standard InChI is InChI=1S/C17H19ClN4O4/c18-16-8-7-14(22(24)25)11-15(16)17(23)20-12-3-5-13(6-4-12)21-26-10-2-1-9-19/h3-8,11,21H,1-2,9-10,19H2,(H,20,23). The van der Waals surface area contributed by atoms with Crippen molar-refractivity contribution in [1.82, 2.24) is 0 Å². The van der Waals surface area contributed by atoms with E-state index in [9.17, 15) is 14.9 Å². The molecule has 1 amide bonds. The van der Waals surface area contributed by atoms with Crippen LogP contribution in [0.1, 0.15) is 23.2 Å². The summed E-state index contributed by atoms with van der Waals surface area (Å²) in [6.07, 6.45) is 1.76. The number of nitrogens with zero attached hydrogens (tertiary/aromatic N) is 1. The van der Waals surface area contributed by atoms with Crippen LogP contribution in [0.25, 0.3) is 0 Å². The van der Waals surface area contributed by atoms with Crippen molar-refractivity contribution in [3.05, 3.63) is 63.2 Å². The van der Waals surface area contributed by atoms with Gasteiger partial charge in [0, 0.05) is 17.8 Å². The van der Waals surface area contributed by atoms with Crippen molar-refractivity contribution in [3.63, 3.8) is 0 Å². The minimum atomic E-state index is -0.582. The van der Waals surface area contributed by atoms with Gasteiger partial charge >= 0.3 is 0 Å². The minimum absolute atomic E-state index is 0.0336. The van der Waals surface area contributed by atoms with E-state index in [0.29, 0.717) is 18.8 Å². The van der Waals surface area contributed by atoms with Crippen LogP contribution < -0.4 is 16.5 Å². The van der Waals surface area contributed by atoms with E-state index < -0.39 is 10.8 Å². The molecule has 0 unspecified atom stereocenters. The molecule has 26 heavy (non-hydrogen) atoms. The summed E-state index contributed by atoms with van der Waals surface area (Å²) >= 11 is 5.96. The Morgan fingerprint density at radius 2 is 1.85 bits per heavy atom. The highest BCUT2D eigenvalue weighted by Crippen LogP contribution is 2.23. The number of amides is 1. The smallest absolute Gasteiger partial charge is 0.270 e. The monoisotopic (exact) mass is 378 g/mol. The Bertz CT molecular complexity index is 768. The van der Waals surface area contributed by atoms with Crippen LogP contribution in [0.3, 0.4) is 0 Å². The molecule has 0 aliphatic carbocycles. The molecule has 2 rings (SSSR count). The zero-order valence-corrected chi connectivity index (χ0v) is 14.7. The first-order valence-corrected chi connectivity index (χ1v) is 8.32. The lowest BCUT2D eigenvalue weighted by Crippen LogP contribution is -2.13. The number of halogens is 1. The van der Waals surface area contributed by atoms with E-state index in [0.717, 1.165) is 24.6 Å². The number of nitro groups is 1. The van der Waals surface area contributed by atoms with Gasteiger partial charge in [0.2, 0.25) is 0 Å². The van der Waals surface area contributed by atoms with Crippen molar-refractivity contribution in [2.45, 2.75) is 12.8 Å². The summed E-state index contributed by atoms with van der Waals surface area (Å²) in [5.74, 6) is -0.530. The molecule has 4 N–H and O–H groups in total. The number of nitrogens with one attached hydrogen (secondary N) is 2. The molecule has 138 valence electrons. The summed E-state index contributed by atoms with van der Waals surface area (Å²) < 4.78 is 0. The summed E-state index contributed by atoms with van der Waals surface area (Å²) in [6, 6.07) is 10.5. The fourth-order valence-electron chi connectivity index (χ4n) is 2.07. The fraction of sp³-hybridized carbons (Fsp3) is 0.235. The third kappa shape index (κ3) is 5.69. The first-order valence-electron chi connectivity index (χ1n) is 7.94. The number of nitrogens with two attached hydrogens (primary N) is 1. The number of hydrogen-bond donors (Lipinski definition) is 3. The van der Waals surface area contributed by atoms with Crippen molar-refractivity contribution < 1.29 is 14.6 Å². The van der Waals surface area contributed by atoms with Gasteiger partial charge in [0.15, 0.2) is 0 Å². The van der Waals surface area contributed by atoms with Gasteiger partial charge in [0.1, 0.15) is 0 Å². The van der Waals surface area contributed by atoms with Crippen LogP contribution >= 0.6 is 11.6 Å². The Hall–Kier alpha value is -2.68. The molecule has 0 heterocycles. The molecule has 0 saturated heterocycles. The van der Waals surface area contributed by atoms with Gasteiger partial charge in [0.05, 0.1) is 27.8 Å². The molecule has 0 aliphatic rings. The fourth-order valence-corrected chi connectivity index (χ4v) is 2.28. The van der Waals surface area contributed by atoms with Gasteiger partial charge in [-0.05, 0) is 49.7 Å². The first kappa shape index (κ1) is 19.6. The van der Waals surface area contributed by atoms with Gasteiger partial charge in [-0.3, -0.25) is 25.2 Å². The van der Waals surface area contributed by atoms with Crippen LogP contribution in [0.4, 0.5) is 17.1 Å². The topological polar surface area (TPSA) is 120 Å². The second kappa shape index (κ2) is 9.71. The highest BCUT2D eigenvalue weighted by atomic mass is 35.5. The SMILES string of the molecule is NCCCCONc1ccc(NC(=O)c2cc([N+](=O)[O-])ccc2Cl)cc1. The highest BCUT2D eigenvalue weighted by molar-refractivity contribution is 6.34. The average molecular weight is 379 g/mol. The zero-order valence-electron chi connectivity index (χ0n) is 13.9. The quantitative estimate of drug-likeness (QED) is 0.348. The van der Waals surface area contributed by atoms with E-state index in [4.69, 9.17) is 22.2 Å². The Morgan fingerprint density at radius 1 is 1.15 bits per heavy atom. The predicted octanol–water partition coefficient (Wildman–Crippen LogP) is 3.58. The number of carbonyl (C=O) groups is 1. The van der Waals surface area contributed by atoms with Gasteiger partial charge in [-0.15, -0.1) is 0 Å². The lowest BCUT2D eigenvalue weighted by atomic mass is 10.2. The highest BCUT2D eigenvalue weighted by Gasteiger charge is 2.16. The third-order valence-electron chi connectivity index (χ3n) is 3.44. The van der Waals surface area contributed by atoms with E-state index in [1.807, 2.05) is 0 Å². The van der Waals surface area contributed by atoms with E-state index in [1.54, 1.807) is 24.3 Å². The maximum Gasteiger partial charge on any atom is 0.270 e. The van der Waals surface area contributed by atoms with Gasteiger partial charge in [-0.1, -0.05) is 11.6 Å². The van der Waals surface area contributed by atoms with E-state index in [-0.39, 0.29) is 16.3 Å². The molecule has 0 atom stereocenters. The number of non-ortho nitro benzene ring substituents is 1. The van der Waals surface area contributed by atoms with Crippen LogP contribution in [0.15, 0.2) is 42.5 Å². The van der Waals surface area contributed by atoms with Crippen molar-refractivity contribution in [2.24, 2.45) is 5.73 Å². The van der Waals surface area contributed by atoms with E-state index in [2.05, 4.69) is 10.8 Å². The number of benzene rings is 2. The molecular weight excluding hydrogens is 360 g/mol. The molecule has 0 fully saturated rings. The van der Waals surface area contributed by atoms with Crippen molar-refractivity contribution in [2.75, 3.05) is 23.9 Å². The number of anilines is 2. The van der Waals surface area contributed by atoms with Gasteiger partial charge in [0.25, 0.3) is 11.6 Å². The second-order valence-corrected chi connectivity index (χ2v) is 5.81. The molecule has 0 aliphatic heterocycles. The van der Waals surface area contributed by atoms with Crippen LogP contribution in [0.5, 0.6) is 0 Å². The first-order chi connectivity index (χ1) is 12.5. The second-order valence-electron chi connectivity index (χ2n) is 5.40. The largest absolute Gasteiger partial charge is 0.330 e. The van der Waals surface area contributed by atoms with Crippen molar-refractivity contribution in [1.29, 1.82) is 0 Å². The molecule has 8 nitrogen and oxygen atoms in total. The summed E-state index contributed by atoms with van der Waals surface area (Å²) in [5.41, 5.74) is 9.27. The number of nitro benzene ring substituents is 1. The maximum absolute atomic E-state index is 12.3. The number of carbonyl (C=O) groups excluding carboxylic acids is 1. The summed E-state index contributed by atoms with van der Waals surface area (Å²) in [4.78, 5) is 27.8. The number of rotatable bonds is 9. The number of unbranched alkanes of at least 4 members (excludes halogenated alkanes) is 1. The molecule has 0 aromatic heterocycles. The van der Waals surface area contributed by atoms with Gasteiger partial charge < -0.3 is 11.1 Å². The Morgan fingerprint density at radius 3 is 2.50 bits per heavy atom. The van der Waals surface area contributed by atoms with Crippen LogP contribution in [0.2, 0.25) is 5.02 Å². The lowest BCUT2D eigenvalue weighted by molar-refractivity contribution is -0.384. The lowest BCUT2D eigenvalue weighted by Gasteiger charge is -2.09. The molecule has 2 aromatic rings. The minimum Gasteiger partial charge on any atom is -0.330 e. The van der Waals surface area contributed by atoms with E-state index in [1.165, 1.54) is 12.1 Å². The van der Waals surface area contributed by atoms with Crippen LogP contribution in [-0.4, -0.2) is 24.0 Å². The molecule has 0 saturated carbocycles. The van der Waals surface area contributed by atoms with Gasteiger partial charge in [-0.25, -0.2) is 0 Å². The Balaban J connectivity index is 1.95. The maximum atomic E-state index is 12.3. The average Bonchev–Trinajstić information content (AvgIpc) is 2.63. The predicted molar refractivity (Wildman–Crippen MR) is 100 cm³/mol. The normalized spacial score (nSPS) is 10.4. The third-order valence-corrected chi connectivity index (χ3v) is 3.77. The summed E-state index contributed by atoms with van der Waals surface area (Å²) in [6.45, 7) is 1.17. The molecule has 2 aromatic carbocycles. The Labute approximate surface area is 155 Å². The van der Waals surface area contributed by atoms with Gasteiger partial charge in [-0.2, -0.15) is 0 Å². The Kier molecular flexibility index (Phi) is 7.34. The zero-order chi connectivity index (χ0) is 18.9. The van der Waals surface area contributed by atoms with Crippen LogP contribution in [-0.2, 0) is 4.84 Å². The molecule has 0 spiro atoms. The van der Waals surface area contributed by atoms with E-state index >= 15 is 0 Å². The molecule has 0 radical (unpaired) electrons. The van der Waals surface area contributed by atoms with Crippen LogP contribution in [0, 0.1) is 10.1 Å². The molecular formula is C17H19ClN4O4. The number of hydrogen-bond acceptors (Lipinski definition) is 6.